The standard InChI is InChI=1S/C37H44N6O5Si/c1-6-19-43-32-16-11-27(39-35(45)25-7-9-26(38)10-8-25)22-31(32)37(36(43)46)24(2)34(49(4,5)30-14-12-29(47-3)13-15-30)33(48-37)17-20-42-23-28(18-21-44)40-41-42/h6-16,22-24,33-34,44H,1,17-21,38H2,2-5H3,(H,39,45)/t24-,33+,34-,37+/m1/s1. The van der Waals surface area contributed by atoms with E-state index in [2.05, 4.69) is 54.4 Å². The van der Waals surface area contributed by atoms with E-state index in [1.165, 1.54) is 5.19 Å². The number of anilines is 3. The molecule has 6 rings (SSSR count). The number of hydrogen-bond acceptors (Lipinski definition) is 8. The second-order valence-corrected chi connectivity index (χ2v) is 18.1. The van der Waals surface area contributed by atoms with Gasteiger partial charge in [0.05, 0.1) is 32.7 Å². The molecule has 1 saturated heterocycles. The van der Waals surface area contributed by atoms with Crippen LogP contribution in [0.5, 0.6) is 5.75 Å². The first-order valence-corrected chi connectivity index (χ1v) is 19.7. The third-order valence-electron chi connectivity index (χ3n) is 10.2. The van der Waals surface area contributed by atoms with E-state index in [0.717, 1.165) is 22.7 Å². The summed E-state index contributed by atoms with van der Waals surface area (Å²) in [5, 5.41) is 22.1. The van der Waals surface area contributed by atoms with Gasteiger partial charge in [0.1, 0.15) is 5.75 Å². The first-order chi connectivity index (χ1) is 23.5. The Balaban J connectivity index is 1.41. The van der Waals surface area contributed by atoms with Crippen LogP contribution in [0.4, 0.5) is 17.1 Å². The molecule has 0 saturated carbocycles. The van der Waals surface area contributed by atoms with E-state index in [9.17, 15) is 14.7 Å². The van der Waals surface area contributed by atoms with Crippen LogP contribution < -0.4 is 25.9 Å². The molecule has 2 aliphatic rings. The fourth-order valence-corrected chi connectivity index (χ4v) is 11.8. The van der Waals surface area contributed by atoms with E-state index < -0.39 is 13.7 Å². The maximum Gasteiger partial charge on any atom is 0.264 e. The minimum absolute atomic E-state index is 0.000655. The molecule has 4 atom stereocenters. The van der Waals surface area contributed by atoms with Gasteiger partial charge in [-0.15, -0.1) is 11.7 Å². The number of aliphatic hydroxyl groups is 1. The molecule has 0 aliphatic carbocycles. The van der Waals surface area contributed by atoms with E-state index in [1.807, 2.05) is 36.5 Å². The summed E-state index contributed by atoms with van der Waals surface area (Å²) in [6.07, 6.45) is 4.31. The number of nitrogens with two attached hydrogens (primary N) is 1. The lowest BCUT2D eigenvalue weighted by Crippen LogP contribution is -2.51. The number of aryl methyl sites for hydroxylation is 1. The Morgan fingerprint density at radius 1 is 1.16 bits per heavy atom. The Kier molecular flexibility index (Phi) is 9.47. The summed E-state index contributed by atoms with van der Waals surface area (Å²) in [5.41, 5.74) is 8.39. The number of rotatable bonds is 12. The number of carbonyl (C=O) groups excluding carboxylic acids is 2. The van der Waals surface area contributed by atoms with Crippen molar-refractivity contribution in [2.24, 2.45) is 5.92 Å². The van der Waals surface area contributed by atoms with Crippen molar-refractivity contribution in [2.75, 3.05) is 36.2 Å². The van der Waals surface area contributed by atoms with E-state index >= 15 is 0 Å². The lowest BCUT2D eigenvalue weighted by atomic mass is 9.82. The molecule has 4 aromatic rings. The number of fused-ring (bicyclic) bond motifs is 2. The molecule has 4 N–H and O–H groups in total. The van der Waals surface area contributed by atoms with Gasteiger partial charge in [-0.25, -0.2) is 0 Å². The van der Waals surface area contributed by atoms with Crippen LogP contribution in [-0.4, -0.2) is 66.4 Å². The van der Waals surface area contributed by atoms with Gasteiger partial charge >= 0.3 is 0 Å². The number of aliphatic hydroxyl groups excluding tert-OH is 1. The van der Waals surface area contributed by atoms with Crippen molar-refractivity contribution in [2.45, 2.75) is 56.7 Å². The molecule has 3 heterocycles. The highest BCUT2D eigenvalue weighted by molar-refractivity contribution is 6.91. The van der Waals surface area contributed by atoms with Crippen LogP contribution in [0.25, 0.3) is 0 Å². The summed E-state index contributed by atoms with van der Waals surface area (Å²) in [7, 11) is -0.699. The van der Waals surface area contributed by atoms with Crippen LogP contribution in [-0.2, 0) is 28.1 Å². The molecule has 3 aromatic carbocycles. The lowest BCUT2D eigenvalue weighted by Gasteiger charge is -2.37. The third kappa shape index (κ3) is 6.15. The predicted molar refractivity (Wildman–Crippen MR) is 193 cm³/mol. The Hall–Kier alpha value is -4.78. The largest absolute Gasteiger partial charge is 0.497 e. The number of nitrogens with one attached hydrogen (secondary N) is 1. The van der Waals surface area contributed by atoms with Gasteiger partial charge in [0, 0.05) is 60.7 Å². The monoisotopic (exact) mass is 680 g/mol. The highest BCUT2D eigenvalue weighted by atomic mass is 28.3. The van der Waals surface area contributed by atoms with Crippen molar-refractivity contribution in [1.29, 1.82) is 0 Å². The summed E-state index contributed by atoms with van der Waals surface area (Å²) < 4.78 is 14.4. The molecule has 49 heavy (non-hydrogen) atoms. The molecule has 256 valence electrons. The van der Waals surface area contributed by atoms with Gasteiger partial charge in [-0.1, -0.05) is 48.6 Å². The zero-order chi connectivity index (χ0) is 34.9. The average molecular weight is 681 g/mol. The molecule has 11 nitrogen and oxygen atoms in total. The van der Waals surface area contributed by atoms with Crippen LogP contribution in [0.2, 0.25) is 18.6 Å². The van der Waals surface area contributed by atoms with Gasteiger partial charge < -0.3 is 30.5 Å². The predicted octanol–water partition coefficient (Wildman–Crippen LogP) is 4.49. The van der Waals surface area contributed by atoms with Crippen LogP contribution in [0, 0.1) is 5.92 Å². The number of methoxy groups -OCH3 is 1. The first kappa shape index (κ1) is 34.1. The van der Waals surface area contributed by atoms with Crippen LogP contribution in [0.1, 0.15) is 35.0 Å². The van der Waals surface area contributed by atoms with Gasteiger partial charge in [-0.05, 0) is 66.6 Å². The van der Waals surface area contributed by atoms with Crippen LogP contribution >= 0.6 is 0 Å². The summed E-state index contributed by atoms with van der Waals surface area (Å²) in [4.78, 5) is 29.7. The Morgan fingerprint density at radius 3 is 2.57 bits per heavy atom. The number of nitrogen functional groups attached to an aromatic ring is 1. The Bertz CT molecular complexity index is 1840. The van der Waals surface area contributed by atoms with Gasteiger partial charge in [0.15, 0.2) is 5.60 Å². The molecule has 0 radical (unpaired) electrons. The van der Waals surface area contributed by atoms with Gasteiger partial charge in [-0.2, -0.15) is 0 Å². The van der Waals surface area contributed by atoms with Crippen LogP contribution in [0.3, 0.4) is 0 Å². The zero-order valence-electron chi connectivity index (χ0n) is 28.4. The van der Waals surface area contributed by atoms with Crippen molar-refractivity contribution in [1.82, 2.24) is 15.0 Å². The molecule has 12 heteroatoms. The third-order valence-corrected chi connectivity index (χ3v) is 14.5. The Labute approximate surface area is 287 Å². The first-order valence-electron chi connectivity index (χ1n) is 16.6. The SMILES string of the molecule is C=CCN1C(=O)[C@@]2(O[C@@H](CCn3cc(CCO)nn3)[C@H]([Si](C)(C)c3ccc(OC)cc3)[C@H]2C)c2cc(NC(=O)c3ccc(N)cc3)ccc21. The van der Waals surface area contributed by atoms with Crippen LogP contribution in [0.15, 0.2) is 85.6 Å². The maximum absolute atomic E-state index is 14.8. The topological polar surface area (TPSA) is 145 Å². The summed E-state index contributed by atoms with van der Waals surface area (Å²) in [6, 6.07) is 20.6. The molecular formula is C37H44N6O5Si. The number of amides is 2. The molecule has 1 fully saturated rings. The molecule has 2 aliphatic heterocycles. The van der Waals surface area contributed by atoms with Gasteiger partial charge in [0.25, 0.3) is 11.8 Å². The van der Waals surface area contributed by atoms with E-state index in [1.54, 1.807) is 47.0 Å². The van der Waals surface area contributed by atoms with E-state index in [0.29, 0.717) is 42.9 Å². The number of aromatic nitrogens is 3. The quantitative estimate of drug-likeness (QED) is 0.113. The van der Waals surface area contributed by atoms with Crippen molar-refractivity contribution >= 4 is 42.1 Å². The van der Waals surface area contributed by atoms with Crippen molar-refractivity contribution in [3.8, 4) is 5.75 Å². The molecular weight excluding hydrogens is 637 g/mol. The second kappa shape index (κ2) is 13.6. The molecule has 2 amide bonds. The number of nitrogens with zero attached hydrogens (tertiary/aromatic N) is 4. The summed E-state index contributed by atoms with van der Waals surface area (Å²) >= 11 is 0. The molecule has 1 aromatic heterocycles. The average Bonchev–Trinajstić information content (AvgIpc) is 3.74. The van der Waals surface area contributed by atoms with Crippen molar-refractivity contribution in [3.05, 3.63) is 102 Å². The highest BCUT2D eigenvalue weighted by Gasteiger charge is 2.66. The van der Waals surface area contributed by atoms with Gasteiger partial charge in [-0.3, -0.25) is 14.3 Å². The summed E-state index contributed by atoms with van der Waals surface area (Å²) in [6.45, 7) is 11.6. The molecule has 1 spiro atoms. The van der Waals surface area contributed by atoms with Gasteiger partial charge in [0.2, 0.25) is 0 Å². The summed E-state index contributed by atoms with van der Waals surface area (Å²) in [5.74, 6) is 0.163. The number of benzene rings is 3. The number of ether oxygens (including phenoxy) is 2. The number of hydrogen-bond donors (Lipinski definition) is 3. The molecule has 0 unspecified atom stereocenters. The van der Waals surface area contributed by atoms with Crippen molar-refractivity contribution in [3.63, 3.8) is 0 Å². The zero-order valence-corrected chi connectivity index (χ0v) is 29.4. The Morgan fingerprint density at radius 2 is 1.90 bits per heavy atom. The fraction of sp³-hybridized carbons (Fsp3) is 0.351. The van der Waals surface area contributed by atoms with Crippen molar-refractivity contribution < 1.29 is 24.2 Å². The smallest absolute Gasteiger partial charge is 0.264 e. The number of carbonyl (C=O) groups is 2. The molecule has 0 bridgehead atoms. The normalized spacial score (nSPS) is 21.6. The lowest BCUT2D eigenvalue weighted by molar-refractivity contribution is -0.145. The van der Waals surface area contributed by atoms with E-state index in [-0.39, 0.29) is 36.0 Å². The minimum Gasteiger partial charge on any atom is -0.497 e. The minimum atomic E-state index is -2.36. The van der Waals surface area contributed by atoms with E-state index in [4.69, 9.17) is 15.2 Å². The fourth-order valence-electron chi connectivity index (χ4n) is 7.75. The maximum atomic E-state index is 14.8. The highest BCUT2D eigenvalue weighted by Crippen LogP contribution is 2.60. The second-order valence-electron chi connectivity index (χ2n) is 13.4.